The lowest BCUT2D eigenvalue weighted by atomic mass is 10.0. The van der Waals surface area contributed by atoms with E-state index in [4.69, 9.17) is 11.6 Å². The molecular formula is C11H16ClN3O. The van der Waals surface area contributed by atoms with Gasteiger partial charge in [-0.25, -0.2) is 4.98 Å². The van der Waals surface area contributed by atoms with Crippen molar-refractivity contribution >= 4 is 17.4 Å². The van der Waals surface area contributed by atoms with E-state index in [0.717, 1.165) is 0 Å². The molecule has 1 fully saturated rings. The molecule has 5 heteroatoms. The van der Waals surface area contributed by atoms with Crippen LogP contribution in [0, 0.1) is 10.8 Å². The fourth-order valence-electron chi connectivity index (χ4n) is 2.18. The lowest BCUT2D eigenvalue weighted by Gasteiger charge is -2.07. The molecule has 0 spiro atoms. The average molecular weight is 242 g/mol. The first-order valence-corrected chi connectivity index (χ1v) is 5.66. The van der Waals surface area contributed by atoms with Gasteiger partial charge >= 0.3 is 0 Å². The van der Waals surface area contributed by atoms with Gasteiger partial charge in [0.25, 0.3) is 5.56 Å². The summed E-state index contributed by atoms with van der Waals surface area (Å²) in [5.74, 6) is 0.467. The Bertz CT molecular complexity index is 464. The van der Waals surface area contributed by atoms with E-state index in [1.807, 2.05) is 0 Å². The first-order valence-electron chi connectivity index (χ1n) is 5.28. The van der Waals surface area contributed by atoms with Crippen LogP contribution in [0.15, 0.2) is 11.1 Å². The molecule has 0 bridgehead atoms. The monoisotopic (exact) mass is 241 g/mol. The molecule has 0 aromatic carbocycles. The maximum atomic E-state index is 11.3. The number of aromatic nitrogens is 2. The van der Waals surface area contributed by atoms with E-state index in [1.54, 1.807) is 0 Å². The van der Waals surface area contributed by atoms with Crippen LogP contribution in [0.3, 0.4) is 0 Å². The van der Waals surface area contributed by atoms with Gasteiger partial charge in [0.05, 0.1) is 6.33 Å². The topological polar surface area (TPSA) is 57.8 Å². The highest BCUT2D eigenvalue weighted by atomic mass is 35.5. The van der Waals surface area contributed by atoms with Crippen LogP contribution < -0.4 is 10.9 Å². The third-order valence-corrected chi connectivity index (χ3v) is 4.45. The van der Waals surface area contributed by atoms with Gasteiger partial charge in [-0.3, -0.25) is 4.79 Å². The second kappa shape index (κ2) is 3.23. The van der Waals surface area contributed by atoms with Crippen LogP contribution in [-0.4, -0.2) is 16.0 Å². The number of rotatable bonds is 2. The zero-order valence-corrected chi connectivity index (χ0v) is 10.6. The van der Waals surface area contributed by atoms with Crippen LogP contribution in [0.2, 0.25) is 5.02 Å². The number of H-pyrrole nitrogens is 1. The predicted octanol–water partition coefficient (Wildman–Crippen LogP) is 2.27. The number of hydrogen-bond donors (Lipinski definition) is 2. The number of aromatic amines is 1. The Morgan fingerprint density at radius 2 is 1.94 bits per heavy atom. The predicted molar refractivity (Wildman–Crippen MR) is 64.8 cm³/mol. The van der Waals surface area contributed by atoms with Gasteiger partial charge in [0.2, 0.25) is 0 Å². The maximum Gasteiger partial charge on any atom is 0.271 e. The normalized spacial score (nSPS) is 21.8. The van der Waals surface area contributed by atoms with E-state index < -0.39 is 0 Å². The van der Waals surface area contributed by atoms with Crippen LogP contribution in [0.25, 0.3) is 0 Å². The molecule has 1 aliphatic carbocycles. The lowest BCUT2D eigenvalue weighted by Crippen LogP contribution is -2.16. The molecule has 2 N–H and O–H groups in total. The smallest absolute Gasteiger partial charge is 0.271 e. The molecule has 1 saturated carbocycles. The van der Waals surface area contributed by atoms with Gasteiger partial charge < -0.3 is 10.3 Å². The first-order chi connectivity index (χ1) is 7.28. The van der Waals surface area contributed by atoms with E-state index in [1.165, 1.54) is 6.33 Å². The van der Waals surface area contributed by atoms with Crippen molar-refractivity contribution < 1.29 is 0 Å². The molecule has 0 saturated heterocycles. The molecule has 1 aromatic heterocycles. The number of anilines is 1. The summed E-state index contributed by atoms with van der Waals surface area (Å²) in [4.78, 5) is 17.8. The standard InChI is InChI=1S/C11H16ClN3O/c1-10(2)9(11(10,3)4)15-7-6(12)8(16)14-5-13-7/h5,9H,1-4H3,(H2,13,14,15,16). The van der Waals surface area contributed by atoms with Crippen molar-refractivity contribution in [3.63, 3.8) is 0 Å². The summed E-state index contributed by atoms with van der Waals surface area (Å²) < 4.78 is 0. The second-order valence-corrected chi connectivity index (χ2v) is 5.79. The highest BCUT2D eigenvalue weighted by molar-refractivity contribution is 6.32. The highest BCUT2D eigenvalue weighted by Gasteiger charge is 2.65. The van der Waals surface area contributed by atoms with Gasteiger partial charge in [0.15, 0.2) is 5.82 Å². The van der Waals surface area contributed by atoms with Gasteiger partial charge in [0, 0.05) is 6.04 Å². The van der Waals surface area contributed by atoms with E-state index in [0.29, 0.717) is 5.82 Å². The minimum atomic E-state index is -0.310. The quantitative estimate of drug-likeness (QED) is 0.835. The first kappa shape index (κ1) is 11.5. The Kier molecular flexibility index (Phi) is 2.31. The third-order valence-electron chi connectivity index (χ3n) is 4.10. The average Bonchev–Trinajstić information content (AvgIpc) is 2.55. The summed E-state index contributed by atoms with van der Waals surface area (Å²) >= 11 is 5.88. The van der Waals surface area contributed by atoms with Crippen molar-refractivity contribution in [2.45, 2.75) is 33.7 Å². The van der Waals surface area contributed by atoms with E-state index in [-0.39, 0.29) is 27.5 Å². The van der Waals surface area contributed by atoms with Gasteiger partial charge in [-0.2, -0.15) is 0 Å². The van der Waals surface area contributed by atoms with Gasteiger partial charge in [-0.15, -0.1) is 0 Å². The Morgan fingerprint density at radius 1 is 1.38 bits per heavy atom. The van der Waals surface area contributed by atoms with E-state index >= 15 is 0 Å². The number of nitrogens with zero attached hydrogens (tertiary/aromatic N) is 1. The van der Waals surface area contributed by atoms with Crippen LogP contribution in [0.4, 0.5) is 5.82 Å². The van der Waals surface area contributed by atoms with Crippen molar-refractivity contribution in [1.82, 2.24) is 9.97 Å². The third kappa shape index (κ3) is 1.44. The molecule has 2 rings (SSSR count). The summed E-state index contributed by atoms with van der Waals surface area (Å²) in [5, 5.41) is 3.37. The maximum absolute atomic E-state index is 11.3. The largest absolute Gasteiger partial charge is 0.365 e. The molecule has 0 atom stereocenters. The fraction of sp³-hybridized carbons (Fsp3) is 0.636. The molecule has 16 heavy (non-hydrogen) atoms. The van der Waals surface area contributed by atoms with Crippen LogP contribution in [-0.2, 0) is 0 Å². The van der Waals surface area contributed by atoms with Crippen LogP contribution in [0.5, 0.6) is 0 Å². The van der Waals surface area contributed by atoms with E-state index in [9.17, 15) is 4.79 Å². The van der Waals surface area contributed by atoms with Crippen molar-refractivity contribution in [3.8, 4) is 0 Å². The summed E-state index contributed by atoms with van der Waals surface area (Å²) in [6, 6.07) is 0.284. The number of nitrogens with one attached hydrogen (secondary N) is 2. The lowest BCUT2D eigenvalue weighted by molar-refractivity contribution is 0.457. The van der Waals surface area contributed by atoms with Crippen molar-refractivity contribution in [1.29, 1.82) is 0 Å². The van der Waals surface area contributed by atoms with Crippen LogP contribution >= 0.6 is 11.6 Å². The minimum absolute atomic E-state index is 0.126. The molecule has 88 valence electrons. The van der Waals surface area contributed by atoms with E-state index in [2.05, 4.69) is 43.0 Å². The van der Waals surface area contributed by atoms with Crippen molar-refractivity contribution in [2.75, 3.05) is 5.32 Å². The Morgan fingerprint density at radius 3 is 2.44 bits per heavy atom. The molecule has 0 unspecified atom stereocenters. The Labute approximate surface area is 99.4 Å². The zero-order chi connectivity index (χ0) is 12.1. The molecule has 1 aliphatic rings. The number of halogens is 1. The van der Waals surface area contributed by atoms with Crippen molar-refractivity contribution in [3.05, 3.63) is 21.7 Å². The zero-order valence-electron chi connectivity index (χ0n) is 9.89. The SMILES string of the molecule is CC1(C)C(Nc2nc[nH]c(=O)c2Cl)C1(C)C. The van der Waals surface area contributed by atoms with Gasteiger partial charge in [0.1, 0.15) is 5.02 Å². The summed E-state index contributed by atoms with van der Waals surface area (Å²) in [7, 11) is 0. The minimum Gasteiger partial charge on any atom is -0.365 e. The molecule has 1 aromatic rings. The molecule has 1 heterocycles. The van der Waals surface area contributed by atoms with Gasteiger partial charge in [-0.1, -0.05) is 39.3 Å². The van der Waals surface area contributed by atoms with Crippen LogP contribution in [0.1, 0.15) is 27.7 Å². The van der Waals surface area contributed by atoms with Crippen molar-refractivity contribution in [2.24, 2.45) is 10.8 Å². The summed E-state index contributed by atoms with van der Waals surface area (Å²) in [5.41, 5.74) is 0.0525. The second-order valence-electron chi connectivity index (χ2n) is 5.41. The summed E-state index contributed by atoms with van der Waals surface area (Å²) in [6.07, 6.45) is 1.36. The molecule has 4 nitrogen and oxygen atoms in total. The molecular weight excluding hydrogens is 226 g/mol. The fourth-order valence-corrected chi connectivity index (χ4v) is 2.34. The Hall–Kier alpha value is -1.03. The number of hydrogen-bond acceptors (Lipinski definition) is 3. The summed E-state index contributed by atoms with van der Waals surface area (Å²) in [6.45, 7) is 8.75. The molecule has 0 aliphatic heterocycles. The molecule has 0 amide bonds. The highest BCUT2D eigenvalue weighted by Crippen LogP contribution is 2.63. The molecule has 0 radical (unpaired) electrons. The Balaban J connectivity index is 2.25. The van der Waals surface area contributed by atoms with Gasteiger partial charge in [-0.05, 0) is 10.8 Å².